The van der Waals surface area contributed by atoms with E-state index in [0.717, 1.165) is 16.9 Å². The minimum absolute atomic E-state index is 0.471. The quantitative estimate of drug-likeness (QED) is 0.728. The van der Waals surface area contributed by atoms with Gasteiger partial charge in [-0.25, -0.2) is 0 Å². The van der Waals surface area contributed by atoms with Crippen LogP contribution in [0, 0.1) is 6.92 Å². The van der Waals surface area contributed by atoms with Crippen molar-refractivity contribution in [2.45, 2.75) is 20.0 Å². The third-order valence-electron chi connectivity index (χ3n) is 1.92. The van der Waals surface area contributed by atoms with Gasteiger partial charge < -0.3 is 9.84 Å². The molecule has 0 radical (unpaired) electrons. The van der Waals surface area contributed by atoms with Crippen LogP contribution in [0.4, 0.5) is 0 Å². The predicted octanol–water partition coefficient (Wildman–Crippen LogP) is 2.06. The molecule has 12 heavy (non-hydrogen) atoms. The van der Waals surface area contributed by atoms with Gasteiger partial charge in [0.15, 0.2) is 0 Å². The van der Waals surface area contributed by atoms with E-state index in [-0.39, 0.29) is 0 Å². The summed E-state index contributed by atoms with van der Waals surface area (Å²) in [7, 11) is 1.61. The number of benzene rings is 1. The van der Waals surface area contributed by atoms with Crippen molar-refractivity contribution in [1.82, 2.24) is 0 Å². The van der Waals surface area contributed by atoms with Crippen molar-refractivity contribution in [3.05, 3.63) is 29.3 Å². The minimum Gasteiger partial charge on any atom is -0.496 e. The Bertz CT molecular complexity index is 267. The van der Waals surface area contributed by atoms with Crippen LogP contribution in [-0.2, 0) is 0 Å². The Kier molecular flexibility index (Phi) is 2.71. The molecule has 0 aliphatic carbocycles. The van der Waals surface area contributed by atoms with E-state index in [2.05, 4.69) is 0 Å². The number of hydrogen-bond donors (Lipinski definition) is 1. The first kappa shape index (κ1) is 9.07. The fourth-order valence-corrected chi connectivity index (χ4v) is 1.37. The summed E-state index contributed by atoms with van der Waals surface area (Å²) >= 11 is 0. The van der Waals surface area contributed by atoms with Gasteiger partial charge in [0.25, 0.3) is 0 Å². The molecule has 0 spiro atoms. The summed E-state index contributed by atoms with van der Waals surface area (Å²) in [6, 6.07) is 5.74. The first-order valence-electron chi connectivity index (χ1n) is 3.98. The zero-order chi connectivity index (χ0) is 9.14. The van der Waals surface area contributed by atoms with Gasteiger partial charge in [0.05, 0.1) is 13.2 Å². The van der Waals surface area contributed by atoms with Crippen LogP contribution in [0.1, 0.15) is 24.2 Å². The van der Waals surface area contributed by atoms with E-state index < -0.39 is 6.10 Å². The van der Waals surface area contributed by atoms with Crippen molar-refractivity contribution in [1.29, 1.82) is 0 Å². The maximum absolute atomic E-state index is 9.44. The number of rotatable bonds is 2. The van der Waals surface area contributed by atoms with Gasteiger partial charge in [-0.1, -0.05) is 12.1 Å². The second-order valence-electron chi connectivity index (χ2n) is 2.87. The molecule has 0 heterocycles. The molecule has 1 aromatic carbocycles. The molecule has 0 aromatic heterocycles. The molecule has 0 aliphatic heterocycles. The second kappa shape index (κ2) is 3.59. The maximum atomic E-state index is 9.44. The molecule has 2 nitrogen and oxygen atoms in total. The van der Waals surface area contributed by atoms with Crippen LogP contribution in [0.2, 0.25) is 0 Å². The van der Waals surface area contributed by atoms with Gasteiger partial charge in [0.1, 0.15) is 5.75 Å². The zero-order valence-corrected chi connectivity index (χ0v) is 7.66. The van der Waals surface area contributed by atoms with Gasteiger partial charge in [0.2, 0.25) is 0 Å². The van der Waals surface area contributed by atoms with E-state index in [1.807, 2.05) is 25.1 Å². The molecule has 0 saturated carbocycles. The molecule has 0 unspecified atom stereocenters. The molecule has 0 fully saturated rings. The van der Waals surface area contributed by atoms with E-state index in [4.69, 9.17) is 4.74 Å². The molecule has 0 bridgehead atoms. The SMILES string of the molecule is COc1cccc(C)c1[C@H](C)O. The molecule has 2 heteroatoms. The zero-order valence-electron chi connectivity index (χ0n) is 7.66. The lowest BCUT2D eigenvalue weighted by atomic mass is 10.0. The first-order valence-corrected chi connectivity index (χ1v) is 3.98. The molecular weight excluding hydrogens is 152 g/mol. The summed E-state index contributed by atoms with van der Waals surface area (Å²) in [5, 5.41) is 9.44. The van der Waals surface area contributed by atoms with Crippen LogP contribution < -0.4 is 4.74 Å². The fraction of sp³-hybridized carbons (Fsp3) is 0.400. The van der Waals surface area contributed by atoms with Gasteiger partial charge in [-0.15, -0.1) is 0 Å². The smallest absolute Gasteiger partial charge is 0.124 e. The Balaban J connectivity index is 3.20. The highest BCUT2D eigenvalue weighted by atomic mass is 16.5. The Labute approximate surface area is 72.8 Å². The number of aliphatic hydroxyl groups excluding tert-OH is 1. The summed E-state index contributed by atoms with van der Waals surface area (Å²) in [5.74, 6) is 0.755. The number of aryl methyl sites for hydroxylation is 1. The third kappa shape index (κ3) is 1.59. The molecule has 0 saturated heterocycles. The lowest BCUT2D eigenvalue weighted by Crippen LogP contribution is -1.98. The molecule has 1 rings (SSSR count). The summed E-state index contributed by atoms with van der Waals surface area (Å²) in [5.41, 5.74) is 1.93. The van der Waals surface area contributed by atoms with Crippen LogP contribution in [0.5, 0.6) is 5.75 Å². The van der Waals surface area contributed by atoms with Crippen molar-refractivity contribution in [3.8, 4) is 5.75 Å². The van der Waals surface area contributed by atoms with E-state index in [1.54, 1.807) is 14.0 Å². The summed E-state index contributed by atoms with van der Waals surface area (Å²) in [6.07, 6.45) is -0.471. The molecule has 1 atom stereocenters. The van der Waals surface area contributed by atoms with Gasteiger partial charge in [0, 0.05) is 5.56 Å². The summed E-state index contributed by atoms with van der Waals surface area (Å²) in [6.45, 7) is 3.70. The van der Waals surface area contributed by atoms with Gasteiger partial charge in [-0.2, -0.15) is 0 Å². The summed E-state index contributed by atoms with van der Waals surface area (Å²) < 4.78 is 5.13. The van der Waals surface area contributed by atoms with E-state index in [1.165, 1.54) is 0 Å². The van der Waals surface area contributed by atoms with Gasteiger partial charge in [-0.05, 0) is 25.5 Å². The highest BCUT2D eigenvalue weighted by molar-refractivity contribution is 5.40. The minimum atomic E-state index is -0.471. The third-order valence-corrected chi connectivity index (χ3v) is 1.92. The standard InChI is InChI=1S/C10H14O2/c1-7-5-4-6-9(12-3)10(7)8(2)11/h4-6,8,11H,1-3H3/t8-/m0/s1. The second-order valence-corrected chi connectivity index (χ2v) is 2.87. The van der Waals surface area contributed by atoms with Crippen molar-refractivity contribution < 1.29 is 9.84 Å². The van der Waals surface area contributed by atoms with Gasteiger partial charge in [-0.3, -0.25) is 0 Å². The number of methoxy groups -OCH3 is 1. The van der Waals surface area contributed by atoms with E-state index >= 15 is 0 Å². The number of aliphatic hydroxyl groups is 1. The Morgan fingerprint density at radius 2 is 2.08 bits per heavy atom. The molecule has 0 aliphatic rings. The Morgan fingerprint density at radius 3 is 2.50 bits per heavy atom. The van der Waals surface area contributed by atoms with E-state index in [9.17, 15) is 5.11 Å². The van der Waals surface area contributed by atoms with Crippen LogP contribution in [0.15, 0.2) is 18.2 Å². The first-order chi connectivity index (χ1) is 5.66. The normalized spacial score (nSPS) is 12.7. The molecule has 1 aromatic rings. The number of ether oxygens (including phenoxy) is 1. The summed E-state index contributed by atoms with van der Waals surface area (Å²) in [4.78, 5) is 0. The lowest BCUT2D eigenvalue weighted by molar-refractivity contribution is 0.193. The molecular formula is C10H14O2. The Hall–Kier alpha value is -1.02. The number of hydrogen-bond acceptors (Lipinski definition) is 2. The van der Waals surface area contributed by atoms with Crippen molar-refractivity contribution in [2.24, 2.45) is 0 Å². The highest BCUT2D eigenvalue weighted by Gasteiger charge is 2.10. The monoisotopic (exact) mass is 166 g/mol. The van der Waals surface area contributed by atoms with E-state index in [0.29, 0.717) is 0 Å². The van der Waals surface area contributed by atoms with Crippen LogP contribution in [0.25, 0.3) is 0 Å². The Morgan fingerprint density at radius 1 is 1.42 bits per heavy atom. The van der Waals surface area contributed by atoms with Crippen LogP contribution >= 0.6 is 0 Å². The van der Waals surface area contributed by atoms with Crippen molar-refractivity contribution >= 4 is 0 Å². The molecule has 1 N–H and O–H groups in total. The average molecular weight is 166 g/mol. The van der Waals surface area contributed by atoms with Crippen LogP contribution in [0.3, 0.4) is 0 Å². The predicted molar refractivity (Wildman–Crippen MR) is 48.4 cm³/mol. The maximum Gasteiger partial charge on any atom is 0.124 e. The van der Waals surface area contributed by atoms with Crippen LogP contribution in [-0.4, -0.2) is 12.2 Å². The topological polar surface area (TPSA) is 29.5 Å². The average Bonchev–Trinajstić information content (AvgIpc) is 2.03. The van der Waals surface area contributed by atoms with Crippen molar-refractivity contribution in [2.75, 3.05) is 7.11 Å². The highest BCUT2D eigenvalue weighted by Crippen LogP contribution is 2.27. The molecule has 0 amide bonds. The largest absolute Gasteiger partial charge is 0.496 e. The van der Waals surface area contributed by atoms with Gasteiger partial charge >= 0.3 is 0 Å². The van der Waals surface area contributed by atoms with Crippen molar-refractivity contribution in [3.63, 3.8) is 0 Å². The lowest BCUT2D eigenvalue weighted by Gasteiger charge is -2.13. The fourth-order valence-electron chi connectivity index (χ4n) is 1.37. The molecule has 66 valence electrons.